The van der Waals surface area contributed by atoms with Gasteiger partial charge in [0.1, 0.15) is 5.75 Å². The molecule has 1 aromatic rings. The Morgan fingerprint density at radius 2 is 2.00 bits per heavy atom. The zero-order valence-electron chi connectivity index (χ0n) is 13.7. The van der Waals surface area contributed by atoms with Crippen LogP contribution in [0.15, 0.2) is 18.2 Å². The minimum Gasteiger partial charge on any atom is -0.494 e. The largest absolute Gasteiger partial charge is 0.494 e. The molecule has 1 aromatic carbocycles. The summed E-state index contributed by atoms with van der Waals surface area (Å²) in [5.74, 6) is 1.02. The summed E-state index contributed by atoms with van der Waals surface area (Å²) in [4.78, 5) is 2.35. The summed E-state index contributed by atoms with van der Waals surface area (Å²) in [5, 5.41) is 3.46. The predicted molar refractivity (Wildman–Crippen MR) is 86.3 cm³/mol. The number of nitrogens with zero attached hydrogens (tertiary/aromatic N) is 1. The summed E-state index contributed by atoms with van der Waals surface area (Å²) in [6.07, 6.45) is 1.17. The monoisotopic (exact) mass is 278 g/mol. The van der Waals surface area contributed by atoms with Gasteiger partial charge in [-0.3, -0.25) is 0 Å². The van der Waals surface area contributed by atoms with Crippen LogP contribution in [0, 0.1) is 0 Å². The van der Waals surface area contributed by atoms with Crippen molar-refractivity contribution < 1.29 is 4.74 Å². The SMILES string of the molecule is CCCN(C)Cc1cc(C(C)NCC)ccc1OCC. The van der Waals surface area contributed by atoms with E-state index in [1.807, 2.05) is 6.92 Å². The van der Waals surface area contributed by atoms with Crippen LogP contribution in [0.3, 0.4) is 0 Å². The molecular weight excluding hydrogens is 248 g/mol. The van der Waals surface area contributed by atoms with Gasteiger partial charge in [0.05, 0.1) is 6.61 Å². The molecule has 114 valence electrons. The van der Waals surface area contributed by atoms with Crippen molar-refractivity contribution in [2.45, 2.75) is 46.7 Å². The Morgan fingerprint density at radius 1 is 1.25 bits per heavy atom. The fourth-order valence-electron chi connectivity index (χ4n) is 2.46. The highest BCUT2D eigenvalue weighted by molar-refractivity contribution is 5.38. The summed E-state index contributed by atoms with van der Waals surface area (Å²) in [6.45, 7) is 12.3. The van der Waals surface area contributed by atoms with E-state index in [1.165, 1.54) is 17.5 Å². The van der Waals surface area contributed by atoms with Gasteiger partial charge in [0.2, 0.25) is 0 Å². The summed E-state index contributed by atoms with van der Waals surface area (Å²) < 4.78 is 5.76. The van der Waals surface area contributed by atoms with Crippen LogP contribution in [0.5, 0.6) is 5.75 Å². The third kappa shape index (κ3) is 5.14. The van der Waals surface area contributed by atoms with E-state index in [4.69, 9.17) is 4.74 Å². The first-order valence-corrected chi connectivity index (χ1v) is 7.79. The Balaban J connectivity index is 2.92. The molecule has 0 fully saturated rings. The van der Waals surface area contributed by atoms with Crippen molar-refractivity contribution in [2.24, 2.45) is 0 Å². The summed E-state index contributed by atoms with van der Waals surface area (Å²) >= 11 is 0. The van der Waals surface area contributed by atoms with Crippen molar-refractivity contribution >= 4 is 0 Å². The Bertz CT molecular complexity index is 393. The average molecular weight is 278 g/mol. The molecule has 0 heterocycles. The van der Waals surface area contributed by atoms with Crippen LogP contribution < -0.4 is 10.1 Å². The lowest BCUT2D eigenvalue weighted by molar-refractivity contribution is 0.303. The first kappa shape index (κ1) is 17.0. The molecule has 0 saturated carbocycles. The summed E-state index contributed by atoms with van der Waals surface area (Å²) in [7, 11) is 2.17. The number of hydrogen-bond donors (Lipinski definition) is 1. The van der Waals surface area contributed by atoms with Crippen molar-refractivity contribution in [3.8, 4) is 5.75 Å². The van der Waals surface area contributed by atoms with Gasteiger partial charge in [-0.15, -0.1) is 0 Å². The molecule has 0 aliphatic heterocycles. The maximum Gasteiger partial charge on any atom is 0.123 e. The Hall–Kier alpha value is -1.06. The molecule has 0 bridgehead atoms. The van der Waals surface area contributed by atoms with Crippen LogP contribution in [0.4, 0.5) is 0 Å². The highest BCUT2D eigenvalue weighted by Gasteiger charge is 2.11. The highest BCUT2D eigenvalue weighted by atomic mass is 16.5. The van der Waals surface area contributed by atoms with Crippen LogP contribution in [0.2, 0.25) is 0 Å². The van der Waals surface area contributed by atoms with E-state index in [0.717, 1.165) is 25.4 Å². The molecule has 3 heteroatoms. The van der Waals surface area contributed by atoms with Crippen LogP contribution in [0.25, 0.3) is 0 Å². The molecule has 1 N–H and O–H groups in total. The van der Waals surface area contributed by atoms with E-state index in [1.54, 1.807) is 0 Å². The van der Waals surface area contributed by atoms with Crippen LogP contribution in [0.1, 0.15) is 51.3 Å². The molecule has 0 radical (unpaired) electrons. The number of ether oxygens (including phenoxy) is 1. The van der Waals surface area contributed by atoms with Gasteiger partial charge < -0.3 is 15.0 Å². The summed E-state index contributed by atoms with van der Waals surface area (Å²) in [6, 6.07) is 6.94. The topological polar surface area (TPSA) is 24.5 Å². The van der Waals surface area contributed by atoms with E-state index in [0.29, 0.717) is 12.6 Å². The zero-order chi connectivity index (χ0) is 15.0. The minimum absolute atomic E-state index is 0.380. The fourth-order valence-corrected chi connectivity index (χ4v) is 2.46. The van der Waals surface area contributed by atoms with E-state index in [-0.39, 0.29) is 0 Å². The smallest absolute Gasteiger partial charge is 0.123 e. The molecule has 1 atom stereocenters. The molecule has 0 aromatic heterocycles. The molecule has 0 saturated heterocycles. The van der Waals surface area contributed by atoms with E-state index >= 15 is 0 Å². The number of rotatable bonds is 9. The van der Waals surface area contributed by atoms with Crippen LogP contribution in [-0.4, -0.2) is 31.6 Å². The van der Waals surface area contributed by atoms with Crippen molar-refractivity contribution in [3.63, 3.8) is 0 Å². The first-order chi connectivity index (χ1) is 9.62. The van der Waals surface area contributed by atoms with E-state index in [9.17, 15) is 0 Å². The van der Waals surface area contributed by atoms with Gasteiger partial charge in [0, 0.05) is 18.2 Å². The van der Waals surface area contributed by atoms with Crippen molar-refractivity contribution in [2.75, 3.05) is 26.7 Å². The summed E-state index contributed by atoms with van der Waals surface area (Å²) in [5.41, 5.74) is 2.61. The van der Waals surface area contributed by atoms with Gasteiger partial charge in [-0.2, -0.15) is 0 Å². The van der Waals surface area contributed by atoms with Gasteiger partial charge in [0.15, 0.2) is 0 Å². The normalized spacial score (nSPS) is 12.7. The second-order valence-corrected chi connectivity index (χ2v) is 5.32. The number of hydrogen-bond acceptors (Lipinski definition) is 3. The van der Waals surface area contributed by atoms with Crippen molar-refractivity contribution in [3.05, 3.63) is 29.3 Å². The quantitative estimate of drug-likeness (QED) is 0.747. The lowest BCUT2D eigenvalue weighted by Crippen LogP contribution is -2.20. The molecule has 1 unspecified atom stereocenters. The van der Waals surface area contributed by atoms with Crippen molar-refractivity contribution in [1.82, 2.24) is 10.2 Å². The molecular formula is C17H30N2O. The number of benzene rings is 1. The van der Waals surface area contributed by atoms with Crippen LogP contribution in [-0.2, 0) is 6.54 Å². The molecule has 0 aliphatic carbocycles. The maximum absolute atomic E-state index is 5.76. The lowest BCUT2D eigenvalue weighted by Gasteiger charge is -2.20. The third-order valence-corrected chi connectivity index (χ3v) is 3.44. The molecule has 0 spiro atoms. The Morgan fingerprint density at radius 3 is 2.60 bits per heavy atom. The average Bonchev–Trinajstić information content (AvgIpc) is 2.41. The van der Waals surface area contributed by atoms with Gasteiger partial charge in [-0.25, -0.2) is 0 Å². The van der Waals surface area contributed by atoms with Crippen molar-refractivity contribution in [1.29, 1.82) is 0 Å². The Labute approximate surface area is 124 Å². The van der Waals surface area contributed by atoms with E-state index in [2.05, 4.69) is 56.2 Å². The number of nitrogens with one attached hydrogen (secondary N) is 1. The molecule has 1 rings (SSSR count). The Kier molecular flexibility index (Phi) is 7.63. The molecule has 3 nitrogen and oxygen atoms in total. The van der Waals surface area contributed by atoms with Gasteiger partial charge >= 0.3 is 0 Å². The van der Waals surface area contributed by atoms with Gasteiger partial charge in [-0.05, 0) is 58.1 Å². The first-order valence-electron chi connectivity index (χ1n) is 7.79. The maximum atomic E-state index is 5.76. The fraction of sp³-hybridized carbons (Fsp3) is 0.647. The second-order valence-electron chi connectivity index (χ2n) is 5.32. The molecule has 0 amide bonds. The third-order valence-electron chi connectivity index (χ3n) is 3.44. The van der Waals surface area contributed by atoms with Gasteiger partial charge in [0.25, 0.3) is 0 Å². The van der Waals surface area contributed by atoms with Crippen LogP contribution >= 0.6 is 0 Å². The minimum atomic E-state index is 0.380. The second kappa shape index (κ2) is 8.98. The predicted octanol–water partition coefficient (Wildman–Crippen LogP) is 3.60. The van der Waals surface area contributed by atoms with Gasteiger partial charge in [-0.1, -0.05) is 19.9 Å². The standard InChI is InChI=1S/C17H30N2O/c1-6-11-19(5)13-16-12-15(14(4)18-7-2)9-10-17(16)20-8-3/h9-10,12,14,18H,6-8,11,13H2,1-5H3. The van der Waals surface area contributed by atoms with E-state index < -0.39 is 0 Å². The molecule has 20 heavy (non-hydrogen) atoms. The zero-order valence-corrected chi connectivity index (χ0v) is 13.7. The molecule has 0 aliphatic rings. The lowest BCUT2D eigenvalue weighted by atomic mass is 10.0. The highest BCUT2D eigenvalue weighted by Crippen LogP contribution is 2.25.